The summed E-state index contributed by atoms with van der Waals surface area (Å²) in [6, 6.07) is 0. The largest absolute Gasteiger partial charge is 0.456 e. The number of rotatable bonds is 10. The Balaban J connectivity index is 1.34. The lowest BCUT2D eigenvalue weighted by Crippen LogP contribution is -2.66. The van der Waals surface area contributed by atoms with Gasteiger partial charge in [-0.15, -0.1) is 0 Å². The third-order valence-electron chi connectivity index (χ3n) is 9.59. The molecule has 0 bridgehead atoms. The minimum absolute atomic E-state index is 0.0240. The SMILES string of the molecule is C[C@]12C[C@H](O)C3(F)[C@@H](CCC4=CC(=O)C=C[C@@]43C)C1CCC2C(=O)COC(=O)CNC(=O)CCCON(O)O. The molecule has 0 radical (unpaired) electrons. The number of amides is 1. The molecule has 4 rings (SSSR count). The summed E-state index contributed by atoms with van der Waals surface area (Å²) in [5.41, 5.74) is -3.00. The van der Waals surface area contributed by atoms with Crippen LogP contribution in [0.5, 0.6) is 0 Å². The topological polar surface area (TPSA) is 163 Å². The molecule has 3 unspecified atom stereocenters. The molecule has 0 aromatic rings. The van der Waals surface area contributed by atoms with Gasteiger partial charge >= 0.3 is 5.97 Å². The summed E-state index contributed by atoms with van der Waals surface area (Å²) in [7, 11) is 0. The van der Waals surface area contributed by atoms with Gasteiger partial charge < -0.3 is 15.2 Å². The summed E-state index contributed by atoms with van der Waals surface area (Å²) in [6.45, 7) is 2.64. The lowest BCUT2D eigenvalue weighted by atomic mass is 9.45. The lowest BCUT2D eigenvalue weighted by molar-refractivity contribution is -0.492. The fourth-order valence-corrected chi connectivity index (χ4v) is 7.68. The van der Waals surface area contributed by atoms with Gasteiger partial charge in [-0.1, -0.05) is 18.6 Å². The average molecular weight is 553 g/mol. The van der Waals surface area contributed by atoms with Gasteiger partial charge in [-0.05, 0) is 68.9 Å². The van der Waals surface area contributed by atoms with E-state index >= 15 is 4.39 Å². The van der Waals surface area contributed by atoms with Crippen LogP contribution >= 0.6 is 0 Å². The standard InChI is InChI=1S/C27H37FN2O9/c1-25-13-22(33)27(28)19(6-5-16-12-17(31)9-10-26(16,27)2)18(25)7-8-20(25)21(32)15-38-24(35)14-29-23(34)4-3-11-39-30(36)37/h9-10,12,18-20,22,33,36-37H,3-8,11,13-15H2,1-2H3,(H,29,34)/t18?,19-,20?,22-,25-,26-,27?/m0/s1. The van der Waals surface area contributed by atoms with Gasteiger partial charge in [0.25, 0.3) is 0 Å². The van der Waals surface area contributed by atoms with Crippen molar-refractivity contribution in [2.24, 2.45) is 28.6 Å². The normalized spacial score (nSPS) is 37.0. The molecule has 0 saturated heterocycles. The second kappa shape index (κ2) is 11.2. The first-order valence-corrected chi connectivity index (χ1v) is 13.4. The van der Waals surface area contributed by atoms with E-state index in [1.165, 1.54) is 12.2 Å². The van der Waals surface area contributed by atoms with Crippen molar-refractivity contribution in [2.45, 2.75) is 70.6 Å². The van der Waals surface area contributed by atoms with Crippen molar-refractivity contribution in [3.63, 3.8) is 0 Å². The van der Waals surface area contributed by atoms with Crippen LogP contribution in [0.4, 0.5) is 4.39 Å². The third-order valence-corrected chi connectivity index (χ3v) is 9.59. The Morgan fingerprint density at radius 2 is 1.92 bits per heavy atom. The summed E-state index contributed by atoms with van der Waals surface area (Å²) < 4.78 is 22.2. The Morgan fingerprint density at radius 3 is 2.64 bits per heavy atom. The number of fused-ring (bicyclic) bond motifs is 5. The number of carbonyl (C=O) groups is 4. The number of hydrogen-bond donors (Lipinski definition) is 4. The molecule has 4 aliphatic rings. The summed E-state index contributed by atoms with van der Waals surface area (Å²) >= 11 is 0. The highest BCUT2D eigenvalue weighted by molar-refractivity contribution is 6.01. The number of carbonyl (C=O) groups excluding carboxylic acids is 4. The monoisotopic (exact) mass is 552 g/mol. The molecule has 11 nitrogen and oxygen atoms in total. The van der Waals surface area contributed by atoms with Crippen molar-refractivity contribution in [2.75, 3.05) is 19.8 Å². The van der Waals surface area contributed by atoms with Crippen LogP contribution in [0.2, 0.25) is 0 Å². The van der Waals surface area contributed by atoms with Gasteiger partial charge in [-0.25, -0.2) is 4.39 Å². The van der Waals surface area contributed by atoms with Crippen LogP contribution in [0.25, 0.3) is 0 Å². The van der Waals surface area contributed by atoms with E-state index < -0.39 is 64.9 Å². The average Bonchev–Trinajstić information content (AvgIpc) is 3.21. The van der Waals surface area contributed by atoms with Crippen LogP contribution in [0, 0.1) is 28.6 Å². The number of Topliss-reactive ketones (excluding diaryl/α,β-unsaturated/α-hetero) is 1. The zero-order valence-electron chi connectivity index (χ0n) is 22.2. The van der Waals surface area contributed by atoms with E-state index in [1.54, 1.807) is 13.0 Å². The van der Waals surface area contributed by atoms with Gasteiger partial charge in [0.1, 0.15) is 13.2 Å². The number of esters is 1. The van der Waals surface area contributed by atoms with Gasteiger partial charge in [-0.2, -0.15) is 0 Å². The summed E-state index contributed by atoms with van der Waals surface area (Å²) in [4.78, 5) is 53.4. The molecule has 0 aromatic carbocycles. The fourth-order valence-electron chi connectivity index (χ4n) is 7.68. The number of ketones is 2. The van der Waals surface area contributed by atoms with E-state index in [9.17, 15) is 24.3 Å². The number of allylic oxidation sites excluding steroid dienone is 4. The first-order valence-electron chi connectivity index (χ1n) is 13.4. The summed E-state index contributed by atoms with van der Waals surface area (Å²) in [6.07, 6.45) is 5.54. The molecular weight excluding hydrogens is 515 g/mol. The van der Waals surface area contributed by atoms with Crippen LogP contribution in [0.15, 0.2) is 23.8 Å². The minimum atomic E-state index is -1.96. The van der Waals surface area contributed by atoms with Gasteiger partial charge in [0.05, 0.1) is 18.1 Å². The first-order chi connectivity index (χ1) is 18.3. The Morgan fingerprint density at radius 1 is 1.18 bits per heavy atom. The molecule has 12 heteroatoms. The van der Waals surface area contributed by atoms with Crippen molar-refractivity contribution in [3.05, 3.63) is 23.8 Å². The van der Waals surface area contributed by atoms with Crippen molar-refractivity contribution < 1.29 is 48.7 Å². The molecule has 3 fully saturated rings. The van der Waals surface area contributed by atoms with E-state index in [0.717, 1.165) is 0 Å². The van der Waals surface area contributed by atoms with Gasteiger partial charge in [0.15, 0.2) is 17.2 Å². The maximum atomic E-state index is 17.1. The molecule has 0 heterocycles. The highest BCUT2D eigenvalue weighted by Crippen LogP contribution is 2.68. The highest BCUT2D eigenvalue weighted by atomic mass is 19.1. The molecular formula is C27H37FN2O9. The van der Waals surface area contributed by atoms with Crippen molar-refractivity contribution in [3.8, 4) is 0 Å². The van der Waals surface area contributed by atoms with E-state index in [-0.39, 0.29) is 43.4 Å². The van der Waals surface area contributed by atoms with Crippen molar-refractivity contribution >= 4 is 23.4 Å². The smallest absolute Gasteiger partial charge is 0.325 e. The molecule has 1 amide bonds. The maximum Gasteiger partial charge on any atom is 0.325 e. The zero-order chi connectivity index (χ0) is 28.6. The quantitative estimate of drug-likeness (QED) is 0.179. The van der Waals surface area contributed by atoms with Crippen LogP contribution in [0.1, 0.15) is 58.8 Å². The zero-order valence-corrected chi connectivity index (χ0v) is 22.2. The van der Waals surface area contributed by atoms with Crippen molar-refractivity contribution in [1.82, 2.24) is 10.7 Å². The van der Waals surface area contributed by atoms with Crippen LogP contribution in [-0.2, 0) is 28.8 Å². The second-order valence-corrected chi connectivity index (χ2v) is 11.6. The molecule has 0 aliphatic heterocycles. The highest BCUT2D eigenvalue weighted by Gasteiger charge is 2.70. The van der Waals surface area contributed by atoms with Gasteiger partial charge in [0, 0.05) is 23.7 Å². The number of aliphatic hydroxyl groups is 1. The first kappa shape index (κ1) is 29.5. The molecule has 216 valence electrons. The molecule has 7 atom stereocenters. The molecule has 0 spiro atoms. The molecule has 3 saturated carbocycles. The van der Waals surface area contributed by atoms with E-state index in [2.05, 4.69) is 10.2 Å². The molecule has 4 aliphatic carbocycles. The van der Waals surface area contributed by atoms with E-state index in [0.29, 0.717) is 31.3 Å². The predicted molar refractivity (Wildman–Crippen MR) is 131 cm³/mol. The Labute approximate surface area is 225 Å². The third kappa shape index (κ3) is 5.32. The molecule has 0 aromatic heterocycles. The number of nitrogens with one attached hydrogen (secondary N) is 1. The van der Waals surface area contributed by atoms with Gasteiger partial charge in [0.2, 0.25) is 5.91 Å². The summed E-state index contributed by atoms with van der Waals surface area (Å²) in [5, 5.41) is 30.1. The molecule has 39 heavy (non-hydrogen) atoms. The maximum absolute atomic E-state index is 17.1. The predicted octanol–water partition coefficient (Wildman–Crippen LogP) is 1.99. The van der Waals surface area contributed by atoms with Crippen molar-refractivity contribution in [1.29, 1.82) is 0 Å². The molecule has 4 N–H and O–H groups in total. The Hall–Kier alpha value is -2.51. The van der Waals surface area contributed by atoms with E-state index in [4.69, 9.17) is 15.2 Å². The number of hydrogen-bond acceptors (Lipinski definition) is 10. The fraction of sp³-hybridized carbons (Fsp3) is 0.704. The number of aliphatic hydroxyl groups excluding tert-OH is 1. The number of halogens is 1. The number of nitrogens with zero attached hydrogens (tertiary/aromatic N) is 1. The Kier molecular flexibility index (Phi) is 8.44. The Bertz CT molecular complexity index is 1080. The van der Waals surface area contributed by atoms with Crippen LogP contribution < -0.4 is 5.32 Å². The van der Waals surface area contributed by atoms with Crippen LogP contribution in [0.3, 0.4) is 0 Å². The number of ether oxygens (including phenoxy) is 1. The summed E-state index contributed by atoms with van der Waals surface area (Å²) in [5.74, 6) is -2.86. The minimum Gasteiger partial charge on any atom is -0.456 e. The second-order valence-electron chi connectivity index (χ2n) is 11.6. The lowest BCUT2D eigenvalue weighted by Gasteiger charge is -2.62. The van der Waals surface area contributed by atoms with E-state index in [1.807, 2.05) is 6.92 Å². The van der Waals surface area contributed by atoms with Gasteiger partial charge in [-0.3, -0.25) is 34.4 Å². The van der Waals surface area contributed by atoms with Crippen LogP contribution in [-0.4, -0.2) is 75.9 Å². The number of alkyl halides is 1.